The van der Waals surface area contributed by atoms with E-state index in [9.17, 15) is 8.42 Å². The Hall–Kier alpha value is -1.70. The minimum atomic E-state index is -3.57. The first-order chi connectivity index (χ1) is 9.43. The largest absolute Gasteiger partial charge is 0.339 e. The van der Waals surface area contributed by atoms with Gasteiger partial charge in [0.2, 0.25) is 0 Å². The van der Waals surface area contributed by atoms with E-state index in [-0.39, 0.29) is 11.6 Å². The zero-order valence-corrected chi connectivity index (χ0v) is 12.3. The van der Waals surface area contributed by atoms with Gasteiger partial charge in [-0.15, -0.1) is 0 Å². The summed E-state index contributed by atoms with van der Waals surface area (Å²) in [6, 6.07) is 7.57. The van der Waals surface area contributed by atoms with E-state index in [4.69, 9.17) is 5.73 Å². The second-order valence-corrected chi connectivity index (χ2v) is 6.65. The molecule has 0 saturated carbocycles. The molecule has 0 unspecified atom stereocenters. The maximum absolute atomic E-state index is 12.3. The molecule has 0 bridgehead atoms. The van der Waals surface area contributed by atoms with Gasteiger partial charge in [0.05, 0.1) is 6.33 Å². The molecule has 0 aliphatic carbocycles. The van der Waals surface area contributed by atoms with Crippen LogP contribution in [0.3, 0.4) is 0 Å². The van der Waals surface area contributed by atoms with Crippen LogP contribution in [-0.4, -0.2) is 29.3 Å². The number of imidazole rings is 1. The fourth-order valence-corrected chi connectivity index (χ4v) is 3.00. The van der Waals surface area contributed by atoms with Gasteiger partial charge in [0.1, 0.15) is 0 Å². The first-order valence-corrected chi connectivity index (χ1v) is 7.59. The van der Waals surface area contributed by atoms with Gasteiger partial charge < -0.3 is 10.3 Å². The number of aromatic nitrogens is 2. The van der Waals surface area contributed by atoms with Crippen LogP contribution in [0, 0.1) is 0 Å². The molecule has 2 N–H and O–H groups in total. The van der Waals surface area contributed by atoms with Crippen LogP contribution in [0.1, 0.15) is 11.1 Å². The van der Waals surface area contributed by atoms with Crippen LogP contribution in [0.2, 0.25) is 0 Å². The zero-order valence-electron chi connectivity index (χ0n) is 11.5. The third-order valence-electron chi connectivity index (χ3n) is 2.99. The van der Waals surface area contributed by atoms with Crippen LogP contribution in [-0.2, 0) is 30.2 Å². The number of aryl methyl sites for hydroxylation is 1. The zero-order chi connectivity index (χ0) is 14.8. The monoisotopic (exact) mass is 294 g/mol. The highest BCUT2D eigenvalue weighted by molar-refractivity contribution is 7.89. The van der Waals surface area contributed by atoms with Crippen molar-refractivity contribution >= 4 is 10.0 Å². The number of hydrogen-bond acceptors (Lipinski definition) is 4. The number of nitrogens with zero attached hydrogens (tertiary/aromatic N) is 3. The Kier molecular flexibility index (Phi) is 4.22. The van der Waals surface area contributed by atoms with Crippen LogP contribution in [0.4, 0.5) is 0 Å². The Morgan fingerprint density at radius 3 is 2.65 bits per heavy atom. The molecule has 0 radical (unpaired) electrons. The molecule has 7 heteroatoms. The van der Waals surface area contributed by atoms with E-state index in [1.807, 2.05) is 24.3 Å². The molecule has 0 amide bonds. The Balaban J connectivity index is 2.20. The molecule has 1 aromatic carbocycles. The highest BCUT2D eigenvalue weighted by atomic mass is 32.2. The average molecular weight is 294 g/mol. The highest BCUT2D eigenvalue weighted by Gasteiger charge is 2.23. The van der Waals surface area contributed by atoms with Crippen molar-refractivity contribution in [3.05, 3.63) is 47.9 Å². The van der Waals surface area contributed by atoms with Gasteiger partial charge >= 0.3 is 0 Å². The van der Waals surface area contributed by atoms with Crippen molar-refractivity contribution in [1.29, 1.82) is 0 Å². The first-order valence-electron chi connectivity index (χ1n) is 6.15. The molecule has 108 valence electrons. The van der Waals surface area contributed by atoms with Crippen molar-refractivity contribution in [3.63, 3.8) is 0 Å². The third kappa shape index (κ3) is 3.06. The molecule has 0 fully saturated rings. The predicted octanol–water partition coefficient (Wildman–Crippen LogP) is 0.699. The lowest BCUT2D eigenvalue weighted by atomic mass is 10.1. The fraction of sp³-hybridized carbons (Fsp3) is 0.308. The van der Waals surface area contributed by atoms with Crippen molar-refractivity contribution in [2.75, 3.05) is 7.05 Å². The van der Waals surface area contributed by atoms with Gasteiger partial charge in [-0.2, -0.15) is 4.31 Å². The van der Waals surface area contributed by atoms with Crippen LogP contribution < -0.4 is 5.73 Å². The summed E-state index contributed by atoms with van der Waals surface area (Å²) >= 11 is 0. The minimum absolute atomic E-state index is 0.0532. The van der Waals surface area contributed by atoms with Gasteiger partial charge in [-0.3, -0.25) is 0 Å². The fourth-order valence-electron chi connectivity index (χ4n) is 1.88. The predicted molar refractivity (Wildman–Crippen MR) is 76.2 cm³/mol. The second kappa shape index (κ2) is 5.74. The smallest absolute Gasteiger partial charge is 0.262 e. The topological polar surface area (TPSA) is 81.2 Å². The van der Waals surface area contributed by atoms with E-state index >= 15 is 0 Å². The van der Waals surface area contributed by atoms with Crippen molar-refractivity contribution in [1.82, 2.24) is 13.9 Å². The maximum Gasteiger partial charge on any atom is 0.262 e. The van der Waals surface area contributed by atoms with Crippen LogP contribution in [0.15, 0.2) is 41.8 Å². The highest BCUT2D eigenvalue weighted by Crippen LogP contribution is 2.15. The number of sulfonamides is 1. The molecule has 0 aliphatic rings. The summed E-state index contributed by atoms with van der Waals surface area (Å²) in [5.74, 6) is 0. The quantitative estimate of drug-likeness (QED) is 0.880. The van der Waals surface area contributed by atoms with Crippen LogP contribution in [0.5, 0.6) is 0 Å². The summed E-state index contributed by atoms with van der Waals surface area (Å²) in [5.41, 5.74) is 7.46. The van der Waals surface area contributed by atoms with Gasteiger partial charge in [0, 0.05) is 33.4 Å². The van der Waals surface area contributed by atoms with E-state index in [0.29, 0.717) is 6.54 Å². The van der Waals surface area contributed by atoms with E-state index in [1.165, 1.54) is 16.8 Å². The molecule has 0 saturated heterocycles. The van der Waals surface area contributed by atoms with Crippen molar-refractivity contribution in [2.45, 2.75) is 18.1 Å². The van der Waals surface area contributed by atoms with E-state index in [2.05, 4.69) is 4.98 Å². The Bertz CT molecular complexity index is 694. The Labute approximate surface area is 118 Å². The van der Waals surface area contributed by atoms with Gasteiger partial charge in [-0.25, -0.2) is 13.4 Å². The lowest BCUT2D eigenvalue weighted by molar-refractivity contribution is 0.464. The molecular formula is C13H18N4O2S. The lowest BCUT2D eigenvalue weighted by Gasteiger charge is -2.16. The minimum Gasteiger partial charge on any atom is -0.339 e. The van der Waals surface area contributed by atoms with Crippen molar-refractivity contribution in [2.24, 2.45) is 12.8 Å². The normalized spacial score (nSPS) is 12.0. The summed E-state index contributed by atoms with van der Waals surface area (Å²) < 4.78 is 27.5. The Morgan fingerprint density at radius 2 is 2.05 bits per heavy atom. The van der Waals surface area contributed by atoms with Gasteiger partial charge in [0.25, 0.3) is 10.0 Å². The SMILES string of the molecule is CN(Cc1cccc(CN)c1)S(=O)(=O)c1cn(C)cn1. The molecular weight excluding hydrogens is 276 g/mol. The number of hydrogen-bond donors (Lipinski definition) is 1. The molecule has 0 spiro atoms. The summed E-state index contributed by atoms with van der Waals surface area (Å²) in [5, 5.41) is 0.0532. The molecule has 0 aliphatic heterocycles. The summed E-state index contributed by atoms with van der Waals surface area (Å²) in [6.45, 7) is 0.720. The molecule has 0 atom stereocenters. The number of nitrogens with two attached hydrogens (primary N) is 1. The third-order valence-corrected chi connectivity index (χ3v) is 4.68. The van der Waals surface area contributed by atoms with E-state index in [0.717, 1.165) is 11.1 Å². The number of rotatable bonds is 5. The van der Waals surface area contributed by atoms with Crippen molar-refractivity contribution in [3.8, 4) is 0 Å². The molecule has 20 heavy (non-hydrogen) atoms. The van der Waals surface area contributed by atoms with Gasteiger partial charge in [0.15, 0.2) is 5.03 Å². The Morgan fingerprint density at radius 1 is 1.35 bits per heavy atom. The van der Waals surface area contributed by atoms with E-state index < -0.39 is 10.0 Å². The number of benzene rings is 1. The summed E-state index contributed by atoms with van der Waals surface area (Å²) in [6.07, 6.45) is 2.96. The molecule has 2 aromatic rings. The van der Waals surface area contributed by atoms with Gasteiger partial charge in [-0.1, -0.05) is 24.3 Å². The second-order valence-electron chi connectivity index (χ2n) is 4.66. The molecule has 1 aromatic heterocycles. The lowest BCUT2D eigenvalue weighted by Crippen LogP contribution is -2.26. The molecule has 1 heterocycles. The summed E-state index contributed by atoms with van der Waals surface area (Å²) in [7, 11) is -0.292. The van der Waals surface area contributed by atoms with Crippen LogP contribution in [0.25, 0.3) is 0 Å². The average Bonchev–Trinajstić information content (AvgIpc) is 2.86. The first kappa shape index (κ1) is 14.7. The maximum atomic E-state index is 12.3. The van der Waals surface area contributed by atoms with Crippen molar-refractivity contribution < 1.29 is 8.42 Å². The standard InChI is InChI=1S/C13H18N4O2S/c1-16-9-13(15-10-16)20(18,19)17(2)8-12-5-3-4-11(6-12)7-14/h3-6,9-10H,7-8,14H2,1-2H3. The molecule has 6 nitrogen and oxygen atoms in total. The molecule has 2 rings (SSSR count). The summed E-state index contributed by atoms with van der Waals surface area (Å²) in [4.78, 5) is 3.90. The van der Waals surface area contributed by atoms with Gasteiger partial charge in [-0.05, 0) is 11.1 Å². The van der Waals surface area contributed by atoms with E-state index in [1.54, 1.807) is 18.7 Å². The van der Waals surface area contributed by atoms with Crippen LogP contribution >= 0.6 is 0 Å².